The molecule has 0 aliphatic carbocycles. The standard InChI is InChI=1S/C15H24N4O/c1-17-10-6-16-14(17)12-18-7-4-5-13(11-18)15(20)19-8-2-3-9-19/h6,10,13H,2-5,7-9,11-12H2,1H3. The molecule has 1 amide bonds. The van der Waals surface area contributed by atoms with Gasteiger partial charge in [0.25, 0.3) is 0 Å². The van der Waals surface area contributed by atoms with Gasteiger partial charge in [0.1, 0.15) is 5.82 Å². The summed E-state index contributed by atoms with van der Waals surface area (Å²) in [6, 6.07) is 0. The number of nitrogens with zero attached hydrogens (tertiary/aromatic N) is 4. The van der Waals surface area contributed by atoms with Crippen LogP contribution in [0.1, 0.15) is 31.5 Å². The van der Waals surface area contributed by atoms with Crippen molar-refractivity contribution in [2.24, 2.45) is 13.0 Å². The number of carbonyl (C=O) groups is 1. The lowest BCUT2D eigenvalue weighted by Gasteiger charge is -2.33. The van der Waals surface area contributed by atoms with Crippen LogP contribution in [0.15, 0.2) is 12.4 Å². The monoisotopic (exact) mass is 276 g/mol. The predicted octanol–water partition coefficient (Wildman–Crippen LogP) is 1.25. The zero-order valence-electron chi connectivity index (χ0n) is 12.3. The molecule has 1 atom stereocenters. The van der Waals surface area contributed by atoms with Crippen molar-refractivity contribution in [2.45, 2.75) is 32.2 Å². The maximum Gasteiger partial charge on any atom is 0.226 e. The van der Waals surface area contributed by atoms with Crippen LogP contribution in [0.3, 0.4) is 0 Å². The third kappa shape index (κ3) is 2.87. The normalized spacial score (nSPS) is 24.2. The van der Waals surface area contributed by atoms with E-state index in [1.54, 1.807) is 0 Å². The van der Waals surface area contributed by atoms with Crippen LogP contribution in [-0.4, -0.2) is 51.4 Å². The fraction of sp³-hybridized carbons (Fsp3) is 0.733. The van der Waals surface area contributed by atoms with Crippen LogP contribution in [0.5, 0.6) is 0 Å². The first-order chi connectivity index (χ1) is 9.74. The van der Waals surface area contributed by atoms with Gasteiger partial charge in [-0.3, -0.25) is 9.69 Å². The number of hydrogen-bond acceptors (Lipinski definition) is 3. The van der Waals surface area contributed by atoms with Crippen LogP contribution < -0.4 is 0 Å². The zero-order valence-corrected chi connectivity index (χ0v) is 12.3. The molecule has 2 fully saturated rings. The molecule has 3 heterocycles. The summed E-state index contributed by atoms with van der Waals surface area (Å²) >= 11 is 0. The molecule has 1 aromatic heterocycles. The number of imidazole rings is 1. The Morgan fingerprint density at radius 1 is 1.30 bits per heavy atom. The molecule has 0 saturated carbocycles. The van der Waals surface area contributed by atoms with E-state index in [9.17, 15) is 4.79 Å². The summed E-state index contributed by atoms with van der Waals surface area (Å²) in [5, 5.41) is 0. The molecule has 110 valence electrons. The van der Waals surface area contributed by atoms with Crippen molar-refractivity contribution in [3.8, 4) is 0 Å². The van der Waals surface area contributed by atoms with Crippen LogP contribution in [-0.2, 0) is 18.4 Å². The minimum atomic E-state index is 0.196. The Hall–Kier alpha value is -1.36. The third-order valence-corrected chi connectivity index (χ3v) is 4.56. The van der Waals surface area contributed by atoms with Gasteiger partial charge in [-0.2, -0.15) is 0 Å². The second-order valence-electron chi connectivity index (χ2n) is 6.06. The van der Waals surface area contributed by atoms with Gasteiger partial charge in [-0.15, -0.1) is 0 Å². The lowest BCUT2D eigenvalue weighted by molar-refractivity contribution is -0.136. The van der Waals surface area contributed by atoms with Gasteiger partial charge in [-0.25, -0.2) is 4.98 Å². The lowest BCUT2D eigenvalue weighted by Crippen LogP contribution is -2.43. The Morgan fingerprint density at radius 2 is 2.10 bits per heavy atom. The molecular weight excluding hydrogens is 252 g/mol. The summed E-state index contributed by atoms with van der Waals surface area (Å²) in [5.74, 6) is 1.66. The minimum absolute atomic E-state index is 0.196. The number of aryl methyl sites for hydroxylation is 1. The second kappa shape index (κ2) is 5.95. The lowest BCUT2D eigenvalue weighted by atomic mass is 9.96. The molecule has 2 aliphatic rings. The summed E-state index contributed by atoms with van der Waals surface area (Å²) in [6.07, 6.45) is 8.34. The molecule has 2 aliphatic heterocycles. The molecule has 2 saturated heterocycles. The number of carbonyl (C=O) groups excluding carboxylic acids is 1. The van der Waals surface area contributed by atoms with Gasteiger partial charge in [-0.05, 0) is 32.2 Å². The van der Waals surface area contributed by atoms with E-state index in [-0.39, 0.29) is 5.92 Å². The predicted molar refractivity (Wildman–Crippen MR) is 77.0 cm³/mol. The van der Waals surface area contributed by atoms with Crippen LogP contribution in [0.4, 0.5) is 0 Å². The quantitative estimate of drug-likeness (QED) is 0.834. The van der Waals surface area contributed by atoms with Gasteiger partial charge in [0.2, 0.25) is 5.91 Å². The van der Waals surface area contributed by atoms with E-state index < -0.39 is 0 Å². The highest BCUT2D eigenvalue weighted by Crippen LogP contribution is 2.22. The van der Waals surface area contributed by atoms with Crippen LogP contribution in [0, 0.1) is 5.92 Å². The Morgan fingerprint density at radius 3 is 2.80 bits per heavy atom. The first-order valence-electron chi connectivity index (χ1n) is 7.71. The first-order valence-corrected chi connectivity index (χ1v) is 7.71. The first kappa shape index (κ1) is 13.6. The Balaban J connectivity index is 1.58. The molecule has 1 aromatic rings. The molecule has 5 heteroatoms. The number of rotatable bonds is 3. The SMILES string of the molecule is Cn1ccnc1CN1CCCC(C(=O)N2CCCC2)C1. The smallest absolute Gasteiger partial charge is 0.226 e. The molecule has 0 aromatic carbocycles. The Kier molecular flexibility index (Phi) is 4.05. The average molecular weight is 276 g/mol. The van der Waals surface area contributed by atoms with Crippen molar-refractivity contribution in [1.29, 1.82) is 0 Å². The van der Waals surface area contributed by atoms with Gasteiger partial charge in [0.15, 0.2) is 0 Å². The molecule has 20 heavy (non-hydrogen) atoms. The summed E-state index contributed by atoms with van der Waals surface area (Å²) in [7, 11) is 2.03. The van der Waals surface area contributed by atoms with E-state index in [2.05, 4.69) is 19.4 Å². The Labute approximate surface area is 120 Å². The second-order valence-corrected chi connectivity index (χ2v) is 6.06. The van der Waals surface area contributed by atoms with Crippen molar-refractivity contribution in [2.75, 3.05) is 26.2 Å². The van der Waals surface area contributed by atoms with Crippen molar-refractivity contribution in [3.05, 3.63) is 18.2 Å². The van der Waals surface area contributed by atoms with Gasteiger partial charge >= 0.3 is 0 Å². The zero-order chi connectivity index (χ0) is 13.9. The fourth-order valence-electron chi connectivity index (χ4n) is 3.35. The molecule has 0 bridgehead atoms. The van der Waals surface area contributed by atoms with Crippen LogP contribution >= 0.6 is 0 Å². The molecule has 3 rings (SSSR count). The van der Waals surface area contributed by atoms with Gasteiger partial charge in [0, 0.05) is 39.1 Å². The number of piperidine rings is 1. The number of hydrogen-bond donors (Lipinski definition) is 0. The maximum absolute atomic E-state index is 12.5. The van der Waals surface area contributed by atoms with Gasteiger partial charge in [0.05, 0.1) is 12.5 Å². The van der Waals surface area contributed by atoms with E-state index >= 15 is 0 Å². The molecule has 0 radical (unpaired) electrons. The topological polar surface area (TPSA) is 41.4 Å². The van der Waals surface area contributed by atoms with Crippen LogP contribution in [0.25, 0.3) is 0 Å². The highest BCUT2D eigenvalue weighted by atomic mass is 16.2. The number of likely N-dealkylation sites (tertiary alicyclic amines) is 2. The van der Waals surface area contributed by atoms with E-state index in [1.807, 2.05) is 19.4 Å². The van der Waals surface area contributed by atoms with Crippen molar-refractivity contribution >= 4 is 5.91 Å². The average Bonchev–Trinajstić information content (AvgIpc) is 3.11. The van der Waals surface area contributed by atoms with Crippen molar-refractivity contribution in [3.63, 3.8) is 0 Å². The summed E-state index contributed by atoms with van der Waals surface area (Å²) in [6.45, 7) is 4.76. The van der Waals surface area contributed by atoms with Crippen LogP contribution in [0.2, 0.25) is 0 Å². The highest BCUT2D eigenvalue weighted by Gasteiger charge is 2.30. The fourth-order valence-corrected chi connectivity index (χ4v) is 3.35. The Bertz CT molecular complexity index is 464. The highest BCUT2D eigenvalue weighted by molar-refractivity contribution is 5.79. The molecule has 0 spiro atoms. The largest absolute Gasteiger partial charge is 0.342 e. The van der Waals surface area contributed by atoms with Crippen molar-refractivity contribution < 1.29 is 4.79 Å². The van der Waals surface area contributed by atoms with E-state index in [4.69, 9.17) is 0 Å². The molecule has 0 N–H and O–H groups in total. The molecule has 1 unspecified atom stereocenters. The summed E-state index contributed by atoms with van der Waals surface area (Å²) < 4.78 is 2.06. The van der Waals surface area contributed by atoms with Gasteiger partial charge in [-0.1, -0.05) is 0 Å². The van der Waals surface area contributed by atoms with E-state index in [1.165, 1.54) is 12.8 Å². The van der Waals surface area contributed by atoms with Gasteiger partial charge < -0.3 is 9.47 Å². The number of amides is 1. The van der Waals surface area contributed by atoms with Crippen molar-refractivity contribution in [1.82, 2.24) is 19.4 Å². The van der Waals surface area contributed by atoms with E-state index in [0.717, 1.165) is 51.4 Å². The summed E-state index contributed by atoms with van der Waals surface area (Å²) in [4.78, 5) is 21.3. The van der Waals surface area contributed by atoms with E-state index in [0.29, 0.717) is 5.91 Å². The third-order valence-electron chi connectivity index (χ3n) is 4.56. The summed E-state index contributed by atoms with van der Waals surface area (Å²) in [5.41, 5.74) is 0. The number of aromatic nitrogens is 2. The molecule has 5 nitrogen and oxygen atoms in total. The molecular formula is C15H24N4O. The maximum atomic E-state index is 12.5. The minimum Gasteiger partial charge on any atom is -0.342 e.